The molecule has 0 radical (unpaired) electrons. The normalized spacial score (nSPS) is 11.1. The average Bonchev–Trinajstić information content (AvgIpc) is 2.99. The number of nitrogens with zero attached hydrogens (tertiary/aromatic N) is 2. The lowest BCUT2D eigenvalue weighted by Gasteiger charge is -2.12. The van der Waals surface area contributed by atoms with Crippen LogP contribution in [0.1, 0.15) is 0 Å². The number of fused-ring (bicyclic) bond motifs is 1. The number of carbonyl (C=O) groups is 1. The third-order valence-electron chi connectivity index (χ3n) is 4.02. The highest BCUT2D eigenvalue weighted by molar-refractivity contribution is 6.44. The molecule has 0 unspecified atom stereocenters. The van der Waals surface area contributed by atoms with Gasteiger partial charge in [-0.05, 0) is 49.8 Å². The topological polar surface area (TPSA) is 49.3 Å². The first-order valence-electron chi connectivity index (χ1n) is 8.19. The lowest BCUT2D eigenvalue weighted by molar-refractivity contribution is 0.262. The molecular formula is C19H20Cl2N4O. The summed E-state index contributed by atoms with van der Waals surface area (Å²) in [6.07, 6.45) is 2.06. The summed E-state index contributed by atoms with van der Waals surface area (Å²) < 4.78 is 2.17. The monoisotopic (exact) mass is 390 g/mol. The van der Waals surface area contributed by atoms with Crippen molar-refractivity contribution in [1.29, 1.82) is 0 Å². The van der Waals surface area contributed by atoms with Gasteiger partial charge in [-0.3, -0.25) is 0 Å². The van der Waals surface area contributed by atoms with E-state index in [0.717, 1.165) is 24.0 Å². The minimum Gasteiger partial charge on any atom is -0.346 e. The zero-order valence-corrected chi connectivity index (χ0v) is 16.1. The fourth-order valence-corrected chi connectivity index (χ4v) is 3.00. The van der Waals surface area contributed by atoms with Crippen LogP contribution in [0.4, 0.5) is 16.2 Å². The van der Waals surface area contributed by atoms with Crippen LogP contribution in [0.2, 0.25) is 10.0 Å². The van der Waals surface area contributed by atoms with Gasteiger partial charge in [-0.1, -0.05) is 35.3 Å². The molecule has 3 rings (SSSR count). The van der Waals surface area contributed by atoms with Crippen molar-refractivity contribution in [3.05, 3.63) is 58.7 Å². The van der Waals surface area contributed by atoms with Crippen molar-refractivity contribution >= 4 is 51.5 Å². The molecule has 2 amide bonds. The standard InChI is InChI=1S/C19H20Cl2N4O/c1-24(2)10-11-25-9-8-13-6-7-14(12-17(13)25)22-19(26)23-16-5-3-4-15(20)18(16)21/h3-9,12H,10-11H2,1-2H3,(H2,22,23,26). The van der Waals surface area contributed by atoms with E-state index < -0.39 is 0 Å². The Hall–Kier alpha value is -2.21. The number of hydrogen-bond donors (Lipinski definition) is 2. The summed E-state index contributed by atoms with van der Waals surface area (Å²) in [4.78, 5) is 14.4. The third-order valence-corrected chi connectivity index (χ3v) is 4.84. The number of carbonyl (C=O) groups excluding carboxylic acids is 1. The van der Waals surface area contributed by atoms with Crippen LogP contribution in [-0.4, -0.2) is 36.1 Å². The van der Waals surface area contributed by atoms with Gasteiger partial charge in [0.15, 0.2) is 0 Å². The Labute approximate surface area is 162 Å². The van der Waals surface area contributed by atoms with Gasteiger partial charge in [-0.25, -0.2) is 4.79 Å². The molecule has 0 aliphatic rings. The van der Waals surface area contributed by atoms with Crippen LogP contribution in [0, 0.1) is 0 Å². The Morgan fingerprint density at radius 1 is 1.12 bits per heavy atom. The number of likely N-dealkylation sites (N-methyl/N-ethyl adjacent to an activating group) is 1. The lowest BCUT2D eigenvalue weighted by atomic mass is 10.2. The molecule has 0 saturated heterocycles. The number of hydrogen-bond acceptors (Lipinski definition) is 2. The van der Waals surface area contributed by atoms with E-state index in [2.05, 4.69) is 32.4 Å². The summed E-state index contributed by atoms with van der Waals surface area (Å²) in [6, 6.07) is 12.6. The molecule has 136 valence electrons. The first kappa shape index (κ1) is 18.6. The van der Waals surface area contributed by atoms with Gasteiger partial charge < -0.3 is 20.1 Å². The summed E-state index contributed by atoms with van der Waals surface area (Å²) in [5, 5.41) is 7.39. The van der Waals surface area contributed by atoms with E-state index in [0.29, 0.717) is 21.4 Å². The maximum atomic E-state index is 12.3. The van der Waals surface area contributed by atoms with Crippen molar-refractivity contribution in [2.75, 3.05) is 31.3 Å². The molecule has 0 aliphatic heterocycles. The summed E-state index contributed by atoms with van der Waals surface area (Å²) in [5.74, 6) is 0. The number of halogens is 2. The lowest BCUT2D eigenvalue weighted by Crippen LogP contribution is -2.20. The number of rotatable bonds is 5. The molecule has 0 fully saturated rings. The highest BCUT2D eigenvalue weighted by Crippen LogP contribution is 2.29. The minimum absolute atomic E-state index is 0.317. The molecule has 0 aliphatic carbocycles. The Balaban J connectivity index is 1.74. The smallest absolute Gasteiger partial charge is 0.323 e. The minimum atomic E-state index is -0.375. The van der Waals surface area contributed by atoms with Crippen LogP contribution in [0.5, 0.6) is 0 Å². The van der Waals surface area contributed by atoms with Gasteiger partial charge in [0.25, 0.3) is 0 Å². The van der Waals surface area contributed by atoms with Crippen molar-refractivity contribution in [1.82, 2.24) is 9.47 Å². The van der Waals surface area contributed by atoms with Gasteiger partial charge in [0, 0.05) is 25.0 Å². The second-order valence-corrected chi connectivity index (χ2v) is 7.05. The van der Waals surface area contributed by atoms with Gasteiger partial charge >= 0.3 is 6.03 Å². The molecule has 2 aromatic carbocycles. The summed E-state index contributed by atoms with van der Waals surface area (Å²) >= 11 is 12.1. The Bertz CT molecular complexity index is 936. The van der Waals surface area contributed by atoms with Crippen molar-refractivity contribution in [2.24, 2.45) is 0 Å². The predicted molar refractivity (Wildman–Crippen MR) is 110 cm³/mol. The molecule has 2 N–H and O–H groups in total. The molecular weight excluding hydrogens is 371 g/mol. The maximum absolute atomic E-state index is 12.3. The van der Waals surface area contributed by atoms with Crippen molar-refractivity contribution < 1.29 is 4.79 Å². The Morgan fingerprint density at radius 3 is 2.69 bits per heavy atom. The molecule has 7 heteroatoms. The number of amides is 2. The SMILES string of the molecule is CN(C)CCn1ccc2ccc(NC(=O)Nc3cccc(Cl)c3Cl)cc21. The highest BCUT2D eigenvalue weighted by Gasteiger charge is 2.09. The number of benzene rings is 2. The molecule has 5 nitrogen and oxygen atoms in total. The van der Waals surface area contributed by atoms with Gasteiger partial charge in [-0.15, -0.1) is 0 Å². The average molecular weight is 391 g/mol. The second kappa shape index (κ2) is 7.99. The van der Waals surface area contributed by atoms with Crippen molar-refractivity contribution in [3.8, 4) is 0 Å². The predicted octanol–water partition coefficient (Wildman–Crippen LogP) is 5.15. The van der Waals surface area contributed by atoms with Gasteiger partial charge in [0.05, 0.1) is 21.2 Å². The van der Waals surface area contributed by atoms with E-state index in [1.807, 2.05) is 32.3 Å². The third kappa shape index (κ3) is 4.30. The summed E-state index contributed by atoms with van der Waals surface area (Å²) in [7, 11) is 4.09. The van der Waals surface area contributed by atoms with E-state index in [-0.39, 0.29) is 6.03 Å². The van der Waals surface area contributed by atoms with E-state index in [9.17, 15) is 4.79 Å². The van der Waals surface area contributed by atoms with Crippen LogP contribution in [0.25, 0.3) is 10.9 Å². The molecule has 0 spiro atoms. The van der Waals surface area contributed by atoms with Crippen molar-refractivity contribution in [2.45, 2.75) is 6.54 Å². The van der Waals surface area contributed by atoms with E-state index in [4.69, 9.17) is 23.2 Å². The van der Waals surface area contributed by atoms with Crippen LogP contribution in [-0.2, 0) is 6.54 Å². The Morgan fingerprint density at radius 2 is 1.92 bits per heavy atom. The zero-order chi connectivity index (χ0) is 18.7. The summed E-state index contributed by atoms with van der Waals surface area (Å²) in [5.41, 5.74) is 2.25. The van der Waals surface area contributed by atoms with Crippen LogP contribution < -0.4 is 10.6 Å². The quantitative estimate of drug-likeness (QED) is 0.632. The molecule has 26 heavy (non-hydrogen) atoms. The van der Waals surface area contributed by atoms with Crippen LogP contribution >= 0.6 is 23.2 Å². The molecule has 1 heterocycles. The fourth-order valence-electron chi connectivity index (χ4n) is 2.65. The van der Waals surface area contributed by atoms with Gasteiger partial charge in [0.1, 0.15) is 0 Å². The van der Waals surface area contributed by atoms with Crippen LogP contribution in [0.15, 0.2) is 48.7 Å². The summed E-state index contributed by atoms with van der Waals surface area (Å²) in [6.45, 7) is 1.82. The molecule has 0 atom stereocenters. The van der Waals surface area contributed by atoms with Crippen molar-refractivity contribution in [3.63, 3.8) is 0 Å². The maximum Gasteiger partial charge on any atom is 0.323 e. The first-order chi connectivity index (χ1) is 12.4. The number of urea groups is 1. The first-order valence-corrected chi connectivity index (χ1v) is 8.95. The number of anilines is 2. The molecule has 3 aromatic rings. The van der Waals surface area contributed by atoms with E-state index in [1.165, 1.54) is 0 Å². The molecule has 0 bridgehead atoms. The van der Waals surface area contributed by atoms with Gasteiger partial charge in [-0.2, -0.15) is 0 Å². The molecule has 1 aromatic heterocycles. The van der Waals surface area contributed by atoms with Crippen LogP contribution in [0.3, 0.4) is 0 Å². The Kier molecular flexibility index (Phi) is 5.71. The van der Waals surface area contributed by atoms with Gasteiger partial charge in [0.2, 0.25) is 0 Å². The fraction of sp³-hybridized carbons (Fsp3) is 0.211. The number of nitrogens with one attached hydrogen (secondary N) is 2. The second-order valence-electron chi connectivity index (χ2n) is 6.27. The van der Waals surface area contributed by atoms with E-state index >= 15 is 0 Å². The number of aromatic nitrogens is 1. The van der Waals surface area contributed by atoms with E-state index in [1.54, 1.807) is 18.2 Å². The largest absolute Gasteiger partial charge is 0.346 e. The zero-order valence-electron chi connectivity index (χ0n) is 14.6. The highest BCUT2D eigenvalue weighted by atomic mass is 35.5. The molecule has 0 saturated carbocycles.